The summed E-state index contributed by atoms with van der Waals surface area (Å²) in [5, 5.41) is 7.54. The van der Waals surface area contributed by atoms with Crippen LogP contribution in [0.3, 0.4) is 0 Å². The molecule has 0 saturated heterocycles. The van der Waals surface area contributed by atoms with E-state index in [4.69, 9.17) is 5.73 Å². The van der Waals surface area contributed by atoms with Crippen molar-refractivity contribution in [2.75, 3.05) is 5.73 Å². The molecule has 1 heterocycles. The average molecular weight is 273 g/mol. The average Bonchev–Trinajstić information content (AvgIpc) is 2.67. The Morgan fingerprint density at radius 1 is 1.15 bits per heavy atom. The summed E-state index contributed by atoms with van der Waals surface area (Å²) in [6.07, 6.45) is 10.1. The van der Waals surface area contributed by atoms with Crippen molar-refractivity contribution in [3.8, 4) is 0 Å². The van der Waals surface area contributed by atoms with E-state index in [9.17, 15) is 0 Å². The molecule has 1 aromatic heterocycles. The minimum atomic E-state index is 0.470. The summed E-state index contributed by atoms with van der Waals surface area (Å²) >= 11 is 0. The third-order valence-electron chi connectivity index (χ3n) is 6.21. The zero-order valence-corrected chi connectivity index (χ0v) is 12.8. The SMILES string of the molecule is CC(C)c1c(N)n[nH]c1CC12CC3CC(CC(C3)C1)C2. The summed E-state index contributed by atoms with van der Waals surface area (Å²) < 4.78 is 0. The summed E-state index contributed by atoms with van der Waals surface area (Å²) in [6, 6.07) is 0. The van der Waals surface area contributed by atoms with Crippen LogP contribution in [0.15, 0.2) is 0 Å². The lowest BCUT2D eigenvalue weighted by atomic mass is 9.48. The quantitative estimate of drug-likeness (QED) is 0.878. The molecule has 3 heteroatoms. The van der Waals surface area contributed by atoms with E-state index < -0.39 is 0 Å². The smallest absolute Gasteiger partial charge is 0.148 e. The van der Waals surface area contributed by atoms with Gasteiger partial charge >= 0.3 is 0 Å². The number of rotatable bonds is 3. The van der Waals surface area contributed by atoms with E-state index in [0.717, 1.165) is 23.6 Å². The molecule has 0 radical (unpaired) electrons. The van der Waals surface area contributed by atoms with Crippen molar-refractivity contribution in [1.29, 1.82) is 0 Å². The van der Waals surface area contributed by atoms with Crippen molar-refractivity contribution in [2.45, 2.75) is 64.7 Å². The largest absolute Gasteiger partial charge is 0.382 e. The van der Waals surface area contributed by atoms with Crippen molar-refractivity contribution in [2.24, 2.45) is 23.2 Å². The number of nitrogen functional groups attached to an aromatic ring is 1. The van der Waals surface area contributed by atoms with Gasteiger partial charge in [0, 0.05) is 11.3 Å². The molecule has 4 aliphatic rings. The van der Waals surface area contributed by atoms with Gasteiger partial charge in [0.2, 0.25) is 0 Å². The van der Waals surface area contributed by atoms with Crippen LogP contribution >= 0.6 is 0 Å². The molecule has 20 heavy (non-hydrogen) atoms. The molecule has 3 N–H and O–H groups in total. The number of hydrogen-bond donors (Lipinski definition) is 2. The standard InChI is InChI=1S/C17H27N3/c1-10(2)15-14(19-20-16(15)18)9-17-6-11-3-12(7-17)5-13(4-11)8-17/h10-13H,3-9H2,1-2H3,(H3,18,19,20). The number of nitrogens with two attached hydrogens (primary N) is 1. The summed E-state index contributed by atoms with van der Waals surface area (Å²) in [7, 11) is 0. The first-order chi connectivity index (χ1) is 9.55. The molecular formula is C17H27N3. The number of aromatic amines is 1. The van der Waals surface area contributed by atoms with Crippen LogP contribution in [-0.4, -0.2) is 10.2 Å². The number of hydrogen-bond acceptors (Lipinski definition) is 2. The van der Waals surface area contributed by atoms with Crippen molar-refractivity contribution in [1.82, 2.24) is 10.2 Å². The molecule has 4 fully saturated rings. The van der Waals surface area contributed by atoms with E-state index in [2.05, 4.69) is 24.0 Å². The Hall–Kier alpha value is -0.990. The summed E-state index contributed by atoms with van der Waals surface area (Å²) in [4.78, 5) is 0. The summed E-state index contributed by atoms with van der Waals surface area (Å²) in [5.41, 5.74) is 9.25. The zero-order valence-electron chi connectivity index (χ0n) is 12.8. The first-order valence-corrected chi connectivity index (χ1v) is 8.37. The van der Waals surface area contributed by atoms with Gasteiger partial charge in [0.1, 0.15) is 5.82 Å². The second-order valence-corrected chi connectivity index (χ2v) is 8.25. The van der Waals surface area contributed by atoms with Crippen LogP contribution in [0.4, 0.5) is 5.82 Å². The fraction of sp³-hybridized carbons (Fsp3) is 0.824. The van der Waals surface area contributed by atoms with Gasteiger partial charge < -0.3 is 5.73 Å². The second kappa shape index (κ2) is 4.25. The minimum Gasteiger partial charge on any atom is -0.382 e. The summed E-state index contributed by atoms with van der Waals surface area (Å²) in [5.74, 6) is 4.24. The van der Waals surface area contributed by atoms with Gasteiger partial charge in [-0.05, 0) is 74.0 Å². The fourth-order valence-electron chi connectivity index (χ4n) is 6.06. The van der Waals surface area contributed by atoms with Crippen molar-refractivity contribution in [3.05, 3.63) is 11.3 Å². The fourth-order valence-corrected chi connectivity index (χ4v) is 6.06. The van der Waals surface area contributed by atoms with Crippen LogP contribution in [0.5, 0.6) is 0 Å². The first-order valence-electron chi connectivity index (χ1n) is 8.37. The molecule has 5 rings (SSSR count). The highest BCUT2D eigenvalue weighted by atomic mass is 15.2. The number of anilines is 1. The van der Waals surface area contributed by atoms with E-state index in [1.807, 2.05) is 0 Å². The Labute approximate surface area is 121 Å². The highest BCUT2D eigenvalue weighted by Gasteiger charge is 2.51. The Balaban J connectivity index is 1.63. The maximum atomic E-state index is 6.07. The molecule has 1 aromatic rings. The molecule has 0 amide bonds. The van der Waals surface area contributed by atoms with E-state index in [-0.39, 0.29) is 0 Å². The molecule has 110 valence electrons. The van der Waals surface area contributed by atoms with Crippen LogP contribution in [-0.2, 0) is 6.42 Å². The van der Waals surface area contributed by atoms with Crippen LogP contribution in [0.2, 0.25) is 0 Å². The lowest BCUT2D eigenvalue weighted by molar-refractivity contribution is -0.0527. The van der Waals surface area contributed by atoms with Crippen LogP contribution < -0.4 is 5.73 Å². The van der Waals surface area contributed by atoms with Gasteiger partial charge in [0.15, 0.2) is 0 Å². The topological polar surface area (TPSA) is 54.7 Å². The van der Waals surface area contributed by atoms with Crippen molar-refractivity contribution < 1.29 is 0 Å². The van der Waals surface area contributed by atoms with Crippen LogP contribution in [0.1, 0.15) is 69.5 Å². The maximum absolute atomic E-state index is 6.07. The van der Waals surface area contributed by atoms with E-state index >= 15 is 0 Å². The van der Waals surface area contributed by atoms with Crippen molar-refractivity contribution >= 4 is 5.82 Å². The second-order valence-electron chi connectivity index (χ2n) is 8.25. The maximum Gasteiger partial charge on any atom is 0.148 e. The molecule has 0 aliphatic heterocycles. The predicted molar refractivity (Wildman–Crippen MR) is 81.4 cm³/mol. The minimum absolute atomic E-state index is 0.470. The molecule has 0 unspecified atom stereocenters. The molecule has 3 nitrogen and oxygen atoms in total. The van der Waals surface area contributed by atoms with Gasteiger partial charge in [-0.2, -0.15) is 5.10 Å². The van der Waals surface area contributed by atoms with Gasteiger partial charge in [-0.15, -0.1) is 0 Å². The van der Waals surface area contributed by atoms with Gasteiger partial charge in [-0.25, -0.2) is 0 Å². The Morgan fingerprint density at radius 3 is 2.20 bits per heavy atom. The third kappa shape index (κ3) is 1.89. The third-order valence-corrected chi connectivity index (χ3v) is 6.21. The molecule has 0 aromatic carbocycles. The Kier molecular flexibility index (Phi) is 2.71. The molecular weight excluding hydrogens is 246 g/mol. The van der Waals surface area contributed by atoms with E-state index in [1.165, 1.54) is 56.2 Å². The van der Waals surface area contributed by atoms with Crippen molar-refractivity contribution in [3.63, 3.8) is 0 Å². The highest BCUT2D eigenvalue weighted by molar-refractivity contribution is 5.44. The normalized spacial score (nSPS) is 38.9. The van der Waals surface area contributed by atoms with Gasteiger partial charge in [-0.1, -0.05) is 13.8 Å². The molecule has 0 atom stereocenters. The Bertz CT molecular complexity index is 479. The first kappa shape index (κ1) is 12.7. The lowest BCUT2D eigenvalue weighted by Gasteiger charge is -2.57. The highest BCUT2D eigenvalue weighted by Crippen LogP contribution is 2.61. The van der Waals surface area contributed by atoms with E-state index in [0.29, 0.717) is 11.3 Å². The number of H-pyrrole nitrogens is 1. The van der Waals surface area contributed by atoms with Crippen LogP contribution in [0.25, 0.3) is 0 Å². The number of nitrogens with one attached hydrogen (secondary N) is 1. The summed E-state index contributed by atoms with van der Waals surface area (Å²) in [6.45, 7) is 4.45. The van der Waals surface area contributed by atoms with Gasteiger partial charge in [0.05, 0.1) is 0 Å². The molecule has 4 aliphatic carbocycles. The predicted octanol–water partition coefficient (Wildman–Crippen LogP) is 3.87. The molecule has 0 spiro atoms. The van der Waals surface area contributed by atoms with E-state index in [1.54, 1.807) is 0 Å². The zero-order chi connectivity index (χ0) is 13.9. The van der Waals surface area contributed by atoms with Gasteiger partial charge in [-0.3, -0.25) is 5.10 Å². The lowest BCUT2D eigenvalue weighted by Crippen LogP contribution is -2.47. The molecule has 4 saturated carbocycles. The Morgan fingerprint density at radius 2 is 1.70 bits per heavy atom. The number of nitrogens with zero attached hydrogens (tertiary/aromatic N) is 1. The van der Waals surface area contributed by atoms with Crippen LogP contribution in [0, 0.1) is 23.2 Å². The molecule has 4 bridgehead atoms. The number of aromatic nitrogens is 2. The monoisotopic (exact) mass is 273 g/mol. The van der Waals surface area contributed by atoms with Gasteiger partial charge in [0.25, 0.3) is 0 Å².